The quantitative estimate of drug-likeness (QED) is 0.771. The monoisotopic (exact) mass is 222 g/mol. The molecule has 2 heteroatoms. The van der Waals surface area contributed by atoms with Gasteiger partial charge >= 0.3 is 0 Å². The molecule has 1 saturated carbocycles. The van der Waals surface area contributed by atoms with Crippen LogP contribution in [0.1, 0.15) is 46.0 Å². The van der Waals surface area contributed by atoms with E-state index in [9.17, 15) is 0 Å². The molecular formula is C14H26N2. The maximum Gasteiger partial charge on any atom is 0.00994 e. The van der Waals surface area contributed by atoms with Crippen LogP contribution in [0, 0.1) is 11.3 Å². The Balaban J connectivity index is 1.76. The molecule has 3 rings (SSSR count). The first-order chi connectivity index (χ1) is 7.75. The fourth-order valence-electron chi connectivity index (χ4n) is 4.27. The molecule has 2 saturated heterocycles. The fourth-order valence-corrected chi connectivity index (χ4v) is 4.27. The number of likely N-dealkylation sites (tertiary alicyclic amines) is 1. The van der Waals surface area contributed by atoms with Crippen molar-refractivity contribution in [3.63, 3.8) is 0 Å². The first-order valence-electron chi connectivity index (χ1n) is 7.21. The van der Waals surface area contributed by atoms with Crippen LogP contribution in [0.2, 0.25) is 0 Å². The van der Waals surface area contributed by atoms with Crippen LogP contribution in [0.3, 0.4) is 0 Å². The zero-order valence-electron chi connectivity index (χ0n) is 10.8. The Labute approximate surface area is 99.8 Å². The highest BCUT2D eigenvalue weighted by atomic mass is 15.2. The van der Waals surface area contributed by atoms with Gasteiger partial charge in [-0.2, -0.15) is 0 Å². The third-order valence-corrected chi connectivity index (χ3v) is 5.33. The molecule has 3 fully saturated rings. The van der Waals surface area contributed by atoms with Gasteiger partial charge < -0.3 is 5.32 Å². The van der Waals surface area contributed by atoms with Crippen LogP contribution in [0.4, 0.5) is 0 Å². The van der Waals surface area contributed by atoms with E-state index in [1.807, 2.05) is 0 Å². The van der Waals surface area contributed by atoms with Crippen LogP contribution in [-0.4, -0.2) is 36.6 Å². The minimum atomic E-state index is 0.669. The molecule has 2 nitrogen and oxygen atoms in total. The molecule has 0 radical (unpaired) electrons. The fraction of sp³-hybridized carbons (Fsp3) is 1.00. The van der Waals surface area contributed by atoms with E-state index in [1.54, 1.807) is 0 Å². The van der Waals surface area contributed by atoms with Crippen molar-refractivity contribution < 1.29 is 0 Å². The summed E-state index contributed by atoms with van der Waals surface area (Å²) in [4.78, 5) is 2.83. The summed E-state index contributed by atoms with van der Waals surface area (Å²) in [5.41, 5.74) is 0.669. The molecular weight excluding hydrogens is 196 g/mol. The lowest BCUT2D eigenvalue weighted by molar-refractivity contribution is 0.108. The summed E-state index contributed by atoms with van der Waals surface area (Å²) in [5, 5.41) is 3.59. The lowest BCUT2D eigenvalue weighted by Gasteiger charge is -2.41. The first-order valence-corrected chi connectivity index (χ1v) is 7.21. The van der Waals surface area contributed by atoms with Gasteiger partial charge in [-0.05, 0) is 57.0 Å². The summed E-state index contributed by atoms with van der Waals surface area (Å²) in [6.07, 6.45) is 7.17. The van der Waals surface area contributed by atoms with Crippen molar-refractivity contribution in [2.45, 2.75) is 58.0 Å². The molecule has 3 atom stereocenters. The van der Waals surface area contributed by atoms with Gasteiger partial charge in [-0.15, -0.1) is 0 Å². The smallest absolute Gasteiger partial charge is 0.00994 e. The van der Waals surface area contributed by atoms with Crippen molar-refractivity contribution in [1.82, 2.24) is 10.2 Å². The number of nitrogens with zero attached hydrogens (tertiary/aromatic N) is 1. The number of piperidine rings is 1. The lowest BCUT2D eigenvalue weighted by atomic mass is 9.68. The highest BCUT2D eigenvalue weighted by Crippen LogP contribution is 2.49. The van der Waals surface area contributed by atoms with Gasteiger partial charge in [0.05, 0.1) is 0 Å². The molecule has 1 spiro atoms. The van der Waals surface area contributed by atoms with Gasteiger partial charge in [-0.25, -0.2) is 0 Å². The van der Waals surface area contributed by atoms with Gasteiger partial charge in [0.25, 0.3) is 0 Å². The van der Waals surface area contributed by atoms with Gasteiger partial charge in [-0.1, -0.05) is 13.3 Å². The largest absolute Gasteiger partial charge is 0.316 e. The van der Waals surface area contributed by atoms with Crippen molar-refractivity contribution >= 4 is 0 Å². The third-order valence-electron chi connectivity index (χ3n) is 5.33. The van der Waals surface area contributed by atoms with E-state index in [2.05, 4.69) is 24.1 Å². The Bertz CT molecular complexity index is 261. The Morgan fingerprint density at radius 2 is 2.19 bits per heavy atom. The van der Waals surface area contributed by atoms with Crippen LogP contribution in [-0.2, 0) is 0 Å². The predicted octanol–water partition coefficient (Wildman–Crippen LogP) is 2.25. The number of hydrogen-bond donors (Lipinski definition) is 1. The van der Waals surface area contributed by atoms with E-state index >= 15 is 0 Å². The van der Waals surface area contributed by atoms with Crippen LogP contribution in [0.25, 0.3) is 0 Å². The molecule has 0 amide bonds. The highest BCUT2D eigenvalue weighted by Gasteiger charge is 2.50. The molecule has 0 bridgehead atoms. The number of hydrogen-bond acceptors (Lipinski definition) is 2. The van der Waals surface area contributed by atoms with Gasteiger partial charge in [0.2, 0.25) is 0 Å². The van der Waals surface area contributed by atoms with Gasteiger partial charge in [0.1, 0.15) is 0 Å². The molecule has 1 aliphatic carbocycles. The standard InChI is InChI=1S/C14H26N2/c1-3-12-9-15-7-6-14(12)8-11(2)16(10-14)13-4-5-13/h11-13,15H,3-10H2,1-2H3. The topological polar surface area (TPSA) is 15.3 Å². The molecule has 2 heterocycles. The van der Waals surface area contributed by atoms with Crippen molar-refractivity contribution in [1.29, 1.82) is 0 Å². The Morgan fingerprint density at radius 1 is 1.38 bits per heavy atom. The van der Waals surface area contributed by atoms with Crippen LogP contribution in [0.5, 0.6) is 0 Å². The van der Waals surface area contributed by atoms with Crippen LogP contribution in [0.15, 0.2) is 0 Å². The third kappa shape index (κ3) is 1.70. The molecule has 0 aromatic carbocycles. The first kappa shape index (κ1) is 11.0. The summed E-state index contributed by atoms with van der Waals surface area (Å²) >= 11 is 0. The van der Waals surface area contributed by atoms with Gasteiger partial charge in [0.15, 0.2) is 0 Å². The SMILES string of the molecule is CCC1CNCCC12CC(C)N(C1CC1)C2. The predicted molar refractivity (Wildman–Crippen MR) is 67.5 cm³/mol. The van der Waals surface area contributed by atoms with Gasteiger partial charge in [0, 0.05) is 18.6 Å². The van der Waals surface area contributed by atoms with Crippen LogP contribution < -0.4 is 5.32 Å². The Hall–Kier alpha value is -0.0800. The number of nitrogens with one attached hydrogen (secondary N) is 1. The molecule has 0 aromatic rings. The molecule has 2 aliphatic heterocycles. The Kier molecular flexibility index (Phi) is 2.75. The van der Waals surface area contributed by atoms with Crippen molar-refractivity contribution in [2.24, 2.45) is 11.3 Å². The van der Waals surface area contributed by atoms with E-state index in [0.717, 1.165) is 18.0 Å². The maximum atomic E-state index is 3.59. The van der Waals surface area contributed by atoms with E-state index < -0.39 is 0 Å². The average molecular weight is 222 g/mol. The summed E-state index contributed by atoms with van der Waals surface area (Å²) in [7, 11) is 0. The minimum absolute atomic E-state index is 0.669. The summed E-state index contributed by atoms with van der Waals surface area (Å²) in [6, 6.07) is 1.81. The van der Waals surface area contributed by atoms with Crippen molar-refractivity contribution in [3.05, 3.63) is 0 Å². The maximum absolute atomic E-state index is 3.59. The molecule has 92 valence electrons. The van der Waals surface area contributed by atoms with E-state index in [-0.39, 0.29) is 0 Å². The Morgan fingerprint density at radius 3 is 2.88 bits per heavy atom. The second kappa shape index (κ2) is 3.99. The average Bonchev–Trinajstić information content (AvgIpc) is 3.06. The summed E-state index contributed by atoms with van der Waals surface area (Å²) < 4.78 is 0. The number of rotatable bonds is 2. The molecule has 0 aromatic heterocycles. The second-order valence-electron chi connectivity index (χ2n) is 6.38. The zero-order chi connectivity index (χ0) is 11.2. The molecule has 1 N–H and O–H groups in total. The zero-order valence-corrected chi connectivity index (χ0v) is 10.8. The van der Waals surface area contributed by atoms with Crippen molar-refractivity contribution in [3.8, 4) is 0 Å². The second-order valence-corrected chi connectivity index (χ2v) is 6.38. The van der Waals surface area contributed by atoms with Crippen molar-refractivity contribution in [2.75, 3.05) is 19.6 Å². The van der Waals surface area contributed by atoms with E-state index in [1.165, 1.54) is 51.7 Å². The van der Waals surface area contributed by atoms with E-state index in [0.29, 0.717) is 5.41 Å². The summed E-state index contributed by atoms with van der Waals surface area (Å²) in [6.45, 7) is 8.76. The summed E-state index contributed by atoms with van der Waals surface area (Å²) in [5.74, 6) is 0.924. The minimum Gasteiger partial charge on any atom is -0.316 e. The highest BCUT2D eigenvalue weighted by molar-refractivity contribution is 5.04. The van der Waals surface area contributed by atoms with Gasteiger partial charge in [-0.3, -0.25) is 4.90 Å². The van der Waals surface area contributed by atoms with E-state index in [4.69, 9.17) is 0 Å². The van der Waals surface area contributed by atoms with Crippen LogP contribution >= 0.6 is 0 Å². The normalized spacial score (nSPS) is 45.4. The lowest BCUT2D eigenvalue weighted by Crippen LogP contribution is -2.46. The molecule has 3 unspecified atom stereocenters. The molecule has 3 aliphatic rings. The molecule has 16 heavy (non-hydrogen) atoms.